The van der Waals surface area contributed by atoms with Gasteiger partial charge in [0.15, 0.2) is 0 Å². The number of aryl methyl sites for hydroxylation is 2. The van der Waals surface area contributed by atoms with Crippen molar-refractivity contribution in [2.24, 2.45) is 5.92 Å². The quantitative estimate of drug-likeness (QED) is 0.911. The maximum atomic E-state index is 12.0. The second-order valence-electron chi connectivity index (χ2n) is 5.26. The Morgan fingerprint density at radius 2 is 2.21 bits per heavy atom. The van der Waals surface area contributed by atoms with Crippen LogP contribution in [-0.2, 0) is 6.42 Å². The smallest absolute Gasteiger partial charge is 0.337 e. The van der Waals surface area contributed by atoms with Crippen molar-refractivity contribution in [1.29, 1.82) is 0 Å². The summed E-state index contributed by atoms with van der Waals surface area (Å²) in [7, 11) is 0. The van der Waals surface area contributed by atoms with Gasteiger partial charge < -0.3 is 9.40 Å². The molecule has 2 aromatic heterocycles. The molecule has 19 heavy (non-hydrogen) atoms. The van der Waals surface area contributed by atoms with Crippen LogP contribution in [0.15, 0.2) is 20.1 Å². The molecule has 0 saturated heterocycles. The van der Waals surface area contributed by atoms with E-state index < -0.39 is 5.63 Å². The number of nitrogens with zero attached hydrogens (tertiary/aromatic N) is 1. The molecule has 0 atom stereocenters. The zero-order valence-electron chi connectivity index (χ0n) is 10.9. The SMILES string of the molecule is Cc1nc2oc(=O)cc(CCCC3CC3)c2c(=O)[nH]1. The molecule has 0 radical (unpaired) electrons. The minimum Gasteiger partial charge on any atom is -0.403 e. The summed E-state index contributed by atoms with van der Waals surface area (Å²) < 4.78 is 5.02. The number of hydrogen-bond donors (Lipinski definition) is 1. The molecular formula is C14H16N2O3. The lowest BCUT2D eigenvalue weighted by atomic mass is 10.1. The second kappa shape index (κ2) is 4.64. The van der Waals surface area contributed by atoms with Crippen LogP contribution in [0.5, 0.6) is 0 Å². The standard InChI is InChI=1S/C14H16N2O3/c1-8-15-13(18)12-10(4-2-3-9-5-6-9)7-11(17)19-14(12)16-8/h7,9H,2-6H2,1H3,(H,15,16,18). The lowest BCUT2D eigenvalue weighted by molar-refractivity contribution is 0.543. The third-order valence-electron chi connectivity index (χ3n) is 3.57. The number of rotatable bonds is 4. The molecule has 0 aliphatic heterocycles. The molecule has 0 unspecified atom stereocenters. The average Bonchev–Trinajstić information content (AvgIpc) is 3.11. The first-order valence-corrected chi connectivity index (χ1v) is 6.67. The fraction of sp³-hybridized carbons (Fsp3) is 0.500. The van der Waals surface area contributed by atoms with Crippen LogP contribution in [-0.4, -0.2) is 9.97 Å². The summed E-state index contributed by atoms with van der Waals surface area (Å²) >= 11 is 0. The van der Waals surface area contributed by atoms with Crippen molar-refractivity contribution < 1.29 is 4.42 Å². The first-order valence-electron chi connectivity index (χ1n) is 6.67. The molecule has 0 amide bonds. The number of fused-ring (bicyclic) bond motifs is 1. The summed E-state index contributed by atoms with van der Waals surface area (Å²) in [5, 5.41) is 0.418. The first-order chi connectivity index (χ1) is 9.13. The monoisotopic (exact) mass is 260 g/mol. The van der Waals surface area contributed by atoms with Gasteiger partial charge in [0, 0.05) is 6.07 Å². The molecule has 1 aliphatic carbocycles. The van der Waals surface area contributed by atoms with Gasteiger partial charge in [0.1, 0.15) is 11.2 Å². The first kappa shape index (κ1) is 12.1. The van der Waals surface area contributed by atoms with Crippen LogP contribution in [0.1, 0.15) is 37.1 Å². The maximum Gasteiger partial charge on any atom is 0.337 e. The number of aromatic amines is 1. The van der Waals surface area contributed by atoms with E-state index in [0.29, 0.717) is 11.2 Å². The average molecular weight is 260 g/mol. The highest BCUT2D eigenvalue weighted by atomic mass is 16.4. The molecule has 3 rings (SSSR count). The summed E-state index contributed by atoms with van der Waals surface area (Å²) in [6.45, 7) is 1.67. The molecule has 1 aliphatic rings. The van der Waals surface area contributed by atoms with Gasteiger partial charge in [-0.05, 0) is 31.2 Å². The summed E-state index contributed by atoms with van der Waals surface area (Å²) in [5.41, 5.74) is 0.231. The largest absolute Gasteiger partial charge is 0.403 e. The number of hydrogen-bond acceptors (Lipinski definition) is 4. The molecule has 0 aromatic carbocycles. The molecule has 0 bridgehead atoms. The molecule has 2 heterocycles. The summed E-state index contributed by atoms with van der Waals surface area (Å²) in [4.78, 5) is 30.2. The fourth-order valence-corrected chi connectivity index (χ4v) is 2.44. The van der Waals surface area contributed by atoms with E-state index >= 15 is 0 Å². The van der Waals surface area contributed by atoms with Crippen molar-refractivity contribution in [3.05, 3.63) is 38.2 Å². The highest BCUT2D eigenvalue weighted by molar-refractivity contribution is 5.75. The van der Waals surface area contributed by atoms with Gasteiger partial charge in [0.25, 0.3) is 5.56 Å². The van der Waals surface area contributed by atoms with Gasteiger partial charge in [-0.1, -0.05) is 19.3 Å². The molecule has 1 N–H and O–H groups in total. The highest BCUT2D eigenvalue weighted by Gasteiger charge is 2.20. The van der Waals surface area contributed by atoms with Crippen molar-refractivity contribution in [3.63, 3.8) is 0 Å². The van der Waals surface area contributed by atoms with E-state index in [0.717, 1.165) is 24.3 Å². The van der Waals surface area contributed by atoms with E-state index in [1.165, 1.54) is 25.3 Å². The van der Waals surface area contributed by atoms with Crippen molar-refractivity contribution in [2.45, 2.75) is 39.0 Å². The van der Waals surface area contributed by atoms with Crippen LogP contribution < -0.4 is 11.2 Å². The summed E-state index contributed by atoms with van der Waals surface area (Å²) in [6.07, 6.45) is 5.53. The number of nitrogens with one attached hydrogen (secondary N) is 1. The molecular weight excluding hydrogens is 244 g/mol. The Labute approximate surface area is 109 Å². The van der Waals surface area contributed by atoms with Gasteiger partial charge in [0.05, 0.1) is 0 Å². The van der Waals surface area contributed by atoms with E-state index in [9.17, 15) is 9.59 Å². The van der Waals surface area contributed by atoms with E-state index in [1.807, 2.05) is 0 Å². The second-order valence-corrected chi connectivity index (χ2v) is 5.26. The fourth-order valence-electron chi connectivity index (χ4n) is 2.44. The Hall–Kier alpha value is -1.91. The highest BCUT2D eigenvalue weighted by Crippen LogP contribution is 2.34. The van der Waals surface area contributed by atoms with Crippen molar-refractivity contribution in [1.82, 2.24) is 9.97 Å². The van der Waals surface area contributed by atoms with E-state index in [2.05, 4.69) is 9.97 Å². The molecule has 1 fully saturated rings. The van der Waals surface area contributed by atoms with Crippen LogP contribution >= 0.6 is 0 Å². The molecule has 0 spiro atoms. The van der Waals surface area contributed by atoms with Crippen LogP contribution in [0.4, 0.5) is 0 Å². The van der Waals surface area contributed by atoms with Crippen LogP contribution in [0.2, 0.25) is 0 Å². The summed E-state index contributed by atoms with van der Waals surface area (Å²) in [5.74, 6) is 1.31. The Morgan fingerprint density at radius 3 is 2.95 bits per heavy atom. The van der Waals surface area contributed by atoms with Gasteiger partial charge in [-0.25, -0.2) is 4.79 Å². The van der Waals surface area contributed by atoms with Crippen LogP contribution in [0.25, 0.3) is 11.1 Å². The van der Waals surface area contributed by atoms with E-state index in [1.54, 1.807) is 6.92 Å². The zero-order chi connectivity index (χ0) is 13.4. The van der Waals surface area contributed by atoms with Crippen molar-refractivity contribution >= 4 is 11.1 Å². The van der Waals surface area contributed by atoms with Gasteiger partial charge in [-0.2, -0.15) is 4.98 Å². The topological polar surface area (TPSA) is 76.0 Å². The van der Waals surface area contributed by atoms with E-state index in [4.69, 9.17) is 4.42 Å². The Kier molecular flexibility index (Phi) is 2.97. The Bertz CT molecular complexity index is 726. The normalized spacial score (nSPS) is 15.0. The predicted octanol–water partition coefficient (Wildman–Crippen LogP) is 1.92. The molecule has 1 saturated carbocycles. The van der Waals surface area contributed by atoms with Crippen LogP contribution in [0.3, 0.4) is 0 Å². The minimum atomic E-state index is -0.438. The molecule has 5 nitrogen and oxygen atoms in total. The Balaban J connectivity index is 2.00. The third-order valence-corrected chi connectivity index (χ3v) is 3.57. The van der Waals surface area contributed by atoms with Gasteiger partial charge in [-0.3, -0.25) is 4.79 Å². The molecule has 100 valence electrons. The predicted molar refractivity (Wildman–Crippen MR) is 71.3 cm³/mol. The van der Waals surface area contributed by atoms with Crippen molar-refractivity contribution in [2.75, 3.05) is 0 Å². The van der Waals surface area contributed by atoms with E-state index in [-0.39, 0.29) is 11.3 Å². The zero-order valence-corrected chi connectivity index (χ0v) is 10.9. The lowest BCUT2D eigenvalue weighted by Crippen LogP contribution is -2.14. The van der Waals surface area contributed by atoms with Crippen LogP contribution in [0, 0.1) is 12.8 Å². The van der Waals surface area contributed by atoms with Gasteiger partial charge >= 0.3 is 5.63 Å². The number of H-pyrrole nitrogens is 1. The Morgan fingerprint density at radius 1 is 1.42 bits per heavy atom. The maximum absolute atomic E-state index is 12.0. The molecule has 2 aromatic rings. The lowest BCUT2D eigenvalue weighted by Gasteiger charge is -2.04. The number of aromatic nitrogens is 2. The molecule has 5 heteroatoms. The third kappa shape index (κ3) is 2.59. The van der Waals surface area contributed by atoms with Crippen molar-refractivity contribution in [3.8, 4) is 0 Å². The summed E-state index contributed by atoms with van der Waals surface area (Å²) in [6, 6.07) is 1.42. The van der Waals surface area contributed by atoms with Gasteiger partial charge in [0.2, 0.25) is 5.71 Å². The minimum absolute atomic E-state index is 0.148. The van der Waals surface area contributed by atoms with Gasteiger partial charge in [-0.15, -0.1) is 0 Å².